The Morgan fingerprint density at radius 1 is 1.14 bits per heavy atom. The zero-order valence-corrected chi connectivity index (χ0v) is 17.2. The van der Waals surface area contributed by atoms with Crippen LogP contribution in [0.5, 0.6) is 0 Å². The van der Waals surface area contributed by atoms with Gasteiger partial charge in [0.05, 0.1) is 11.6 Å². The van der Waals surface area contributed by atoms with Crippen molar-refractivity contribution in [3.05, 3.63) is 47.3 Å². The fourth-order valence-corrected chi connectivity index (χ4v) is 4.82. The smallest absolute Gasteiger partial charge is 0.274 e. The van der Waals surface area contributed by atoms with E-state index in [1.165, 1.54) is 29.8 Å². The molecule has 1 aromatic heterocycles. The maximum absolute atomic E-state index is 13.4. The molecule has 5 nitrogen and oxygen atoms in total. The number of carbonyl (C=O) groups excluding carboxylic acids is 1. The van der Waals surface area contributed by atoms with Crippen LogP contribution < -0.4 is 4.90 Å². The van der Waals surface area contributed by atoms with E-state index in [0.717, 1.165) is 32.5 Å². The first-order chi connectivity index (χ1) is 13.4. The van der Waals surface area contributed by atoms with Gasteiger partial charge in [-0.1, -0.05) is 18.2 Å². The van der Waals surface area contributed by atoms with Crippen LogP contribution in [0.1, 0.15) is 67.7 Å². The number of rotatable bonds is 2. The van der Waals surface area contributed by atoms with E-state index in [4.69, 9.17) is 5.10 Å². The summed E-state index contributed by atoms with van der Waals surface area (Å²) in [5, 5.41) is 4.79. The summed E-state index contributed by atoms with van der Waals surface area (Å²) in [7, 11) is 0. The highest BCUT2D eigenvalue weighted by molar-refractivity contribution is 5.92. The maximum atomic E-state index is 13.4. The molecule has 1 aromatic carbocycles. The van der Waals surface area contributed by atoms with E-state index in [1.54, 1.807) is 0 Å². The van der Waals surface area contributed by atoms with Crippen LogP contribution in [0.3, 0.4) is 0 Å². The van der Waals surface area contributed by atoms with Gasteiger partial charge in [-0.3, -0.25) is 9.48 Å². The molecule has 0 bridgehead atoms. The third-order valence-electron chi connectivity index (χ3n) is 6.33. The van der Waals surface area contributed by atoms with Gasteiger partial charge >= 0.3 is 0 Å². The second kappa shape index (κ2) is 6.36. The number of para-hydroxylation sites is 1. The molecule has 1 amide bonds. The maximum Gasteiger partial charge on any atom is 0.274 e. The van der Waals surface area contributed by atoms with Crippen molar-refractivity contribution in [1.82, 2.24) is 14.7 Å². The Balaban J connectivity index is 1.39. The van der Waals surface area contributed by atoms with Crippen LogP contribution in [0.4, 0.5) is 5.69 Å². The van der Waals surface area contributed by atoms with Crippen LogP contribution in [0.15, 0.2) is 30.3 Å². The molecule has 2 fully saturated rings. The van der Waals surface area contributed by atoms with Crippen LogP contribution in [0.2, 0.25) is 0 Å². The number of anilines is 1. The minimum atomic E-state index is -0.0981. The molecule has 1 atom stereocenters. The second-order valence-electron chi connectivity index (χ2n) is 9.60. The van der Waals surface area contributed by atoms with Gasteiger partial charge in [-0.15, -0.1) is 0 Å². The highest BCUT2D eigenvalue weighted by atomic mass is 16.2. The number of aromatic nitrogens is 2. The normalized spacial score (nSPS) is 22.0. The Bertz CT molecular complexity index is 906. The lowest BCUT2D eigenvalue weighted by atomic mass is 10.1. The summed E-state index contributed by atoms with van der Waals surface area (Å²) in [6, 6.07) is 11.1. The largest absolute Gasteiger partial charge is 0.366 e. The Morgan fingerprint density at radius 2 is 1.93 bits per heavy atom. The molecule has 1 saturated heterocycles. The lowest BCUT2D eigenvalue weighted by molar-refractivity contribution is 0.0748. The van der Waals surface area contributed by atoms with Gasteiger partial charge in [-0.05, 0) is 64.2 Å². The number of nitrogens with zero attached hydrogens (tertiary/aromatic N) is 4. The minimum Gasteiger partial charge on any atom is -0.366 e. The zero-order valence-electron chi connectivity index (χ0n) is 17.2. The van der Waals surface area contributed by atoms with Crippen molar-refractivity contribution in [2.75, 3.05) is 24.5 Å². The molecule has 28 heavy (non-hydrogen) atoms. The fourth-order valence-electron chi connectivity index (χ4n) is 4.82. The van der Waals surface area contributed by atoms with Crippen LogP contribution in [0, 0.1) is 0 Å². The minimum absolute atomic E-state index is 0.0981. The van der Waals surface area contributed by atoms with Gasteiger partial charge in [0.25, 0.3) is 5.91 Å². The van der Waals surface area contributed by atoms with Gasteiger partial charge in [0.1, 0.15) is 0 Å². The monoisotopic (exact) mass is 378 g/mol. The van der Waals surface area contributed by atoms with Crippen molar-refractivity contribution in [2.45, 2.75) is 64.0 Å². The molecule has 1 aliphatic carbocycles. The summed E-state index contributed by atoms with van der Waals surface area (Å²) >= 11 is 0. The fraction of sp³-hybridized carbons (Fsp3) is 0.565. The van der Waals surface area contributed by atoms with E-state index in [1.807, 2.05) is 4.90 Å². The Labute approximate surface area is 167 Å². The van der Waals surface area contributed by atoms with E-state index in [0.29, 0.717) is 17.7 Å². The van der Waals surface area contributed by atoms with E-state index < -0.39 is 0 Å². The summed E-state index contributed by atoms with van der Waals surface area (Å²) in [5.41, 5.74) is 4.53. The highest BCUT2D eigenvalue weighted by Crippen LogP contribution is 2.42. The molecular formula is C23H30N4O. The Kier molecular flexibility index (Phi) is 4.04. The molecule has 5 rings (SSSR count). The van der Waals surface area contributed by atoms with Crippen molar-refractivity contribution in [3.8, 4) is 0 Å². The first-order valence-electron chi connectivity index (χ1n) is 10.7. The average Bonchev–Trinajstić information content (AvgIpc) is 3.36. The highest BCUT2D eigenvalue weighted by Gasteiger charge is 2.36. The molecule has 2 aromatic rings. The van der Waals surface area contributed by atoms with Crippen molar-refractivity contribution < 1.29 is 4.79 Å². The standard InChI is InChI=1S/C23H30N4O/c1-23(2,3)27-21(16-9-10-16)14-19(24-27)22(28)25-11-6-12-26-18(15-25)13-17-7-4-5-8-20(17)26/h4-5,7-8,14,16,18H,6,9-13,15H2,1-3H3. The molecule has 0 radical (unpaired) electrons. The van der Waals surface area contributed by atoms with Crippen molar-refractivity contribution in [3.63, 3.8) is 0 Å². The molecule has 148 valence electrons. The van der Waals surface area contributed by atoms with E-state index >= 15 is 0 Å². The summed E-state index contributed by atoms with van der Waals surface area (Å²) in [6.07, 6.45) is 4.47. The summed E-state index contributed by atoms with van der Waals surface area (Å²) in [6.45, 7) is 9.12. The number of benzene rings is 1. The molecule has 0 N–H and O–H groups in total. The zero-order chi connectivity index (χ0) is 19.5. The molecule has 2 aliphatic heterocycles. The topological polar surface area (TPSA) is 41.4 Å². The van der Waals surface area contributed by atoms with Crippen molar-refractivity contribution in [2.24, 2.45) is 0 Å². The van der Waals surface area contributed by atoms with Crippen LogP contribution in [0.25, 0.3) is 0 Å². The number of fused-ring (bicyclic) bond motifs is 3. The van der Waals surface area contributed by atoms with E-state index in [-0.39, 0.29) is 11.4 Å². The first-order valence-corrected chi connectivity index (χ1v) is 10.7. The van der Waals surface area contributed by atoms with Crippen molar-refractivity contribution >= 4 is 11.6 Å². The number of hydrogen-bond donors (Lipinski definition) is 0. The molecular weight excluding hydrogens is 348 g/mol. The SMILES string of the molecule is CC(C)(C)n1nc(C(=O)N2CCCN3c4ccccc4CC3C2)cc1C1CC1. The van der Waals surface area contributed by atoms with Gasteiger partial charge in [-0.2, -0.15) is 5.10 Å². The summed E-state index contributed by atoms with van der Waals surface area (Å²) in [5.74, 6) is 0.680. The molecule has 1 saturated carbocycles. The lowest BCUT2D eigenvalue weighted by Gasteiger charge is -2.27. The van der Waals surface area contributed by atoms with Gasteiger partial charge in [0.2, 0.25) is 0 Å². The predicted molar refractivity (Wildman–Crippen MR) is 111 cm³/mol. The first kappa shape index (κ1) is 17.8. The van der Waals surface area contributed by atoms with E-state index in [9.17, 15) is 4.79 Å². The number of amides is 1. The van der Waals surface area contributed by atoms with Gasteiger partial charge in [0.15, 0.2) is 5.69 Å². The quantitative estimate of drug-likeness (QED) is 0.798. The molecule has 3 aliphatic rings. The van der Waals surface area contributed by atoms with Crippen LogP contribution >= 0.6 is 0 Å². The Hall–Kier alpha value is -2.30. The molecule has 5 heteroatoms. The third kappa shape index (κ3) is 3.01. The van der Waals surface area contributed by atoms with Crippen LogP contribution in [-0.4, -0.2) is 46.3 Å². The lowest BCUT2D eigenvalue weighted by Crippen LogP contribution is -2.41. The van der Waals surface area contributed by atoms with Gasteiger partial charge in [0, 0.05) is 36.9 Å². The predicted octanol–water partition coefficient (Wildman–Crippen LogP) is 3.79. The molecule has 3 heterocycles. The summed E-state index contributed by atoms with van der Waals surface area (Å²) < 4.78 is 2.09. The molecule has 0 spiro atoms. The van der Waals surface area contributed by atoms with Crippen molar-refractivity contribution in [1.29, 1.82) is 0 Å². The Morgan fingerprint density at radius 3 is 2.68 bits per heavy atom. The third-order valence-corrected chi connectivity index (χ3v) is 6.33. The number of hydrogen-bond acceptors (Lipinski definition) is 3. The second-order valence-corrected chi connectivity index (χ2v) is 9.60. The summed E-state index contributed by atoms with van der Waals surface area (Å²) in [4.78, 5) is 17.9. The number of carbonyl (C=O) groups is 1. The van der Waals surface area contributed by atoms with Gasteiger partial charge < -0.3 is 9.80 Å². The van der Waals surface area contributed by atoms with E-state index in [2.05, 4.69) is 60.7 Å². The molecule has 1 unspecified atom stereocenters. The van der Waals surface area contributed by atoms with Gasteiger partial charge in [-0.25, -0.2) is 0 Å². The average molecular weight is 379 g/mol. The van der Waals surface area contributed by atoms with Crippen LogP contribution in [-0.2, 0) is 12.0 Å².